The van der Waals surface area contributed by atoms with E-state index in [2.05, 4.69) is 25.8 Å². The molecule has 0 saturated carbocycles. The highest BCUT2D eigenvalue weighted by atomic mass is 16.5. The maximum Gasteiger partial charge on any atom is 0.325 e. The van der Waals surface area contributed by atoms with Crippen LogP contribution in [0, 0.1) is 0 Å². The lowest BCUT2D eigenvalue weighted by Crippen LogP contribution is -2.33. The van der Waals surface area contributed by atoms with Gasteiger partial charge >= 0.3 is 5.97 Å². The molecule has 196 valence electrons. The lowest BCUT2D eigenvalue weighted by Gasteiger charge is -2.13. The second-order valence-corrected chi connectivity index (χ2v) is 8.59. The smallest absolute Gasteiger partial charge is 0.325 e. The Morgan fingerprint density at radius 3 is 2.50 bits per heavy atom. The van der Waals surface area contributed by atoms with Crippen molar-refractivity contribution in [2.75, 3.05) is 6.54 Å². The Balaban J connectivity index is 1.36. The second-order valence-electron chi connectivity index (χ2n) is 8.59. The third-order valence-electron chi connectivity index (χ3n) is 5.91. The molecule has 4 aromatic rings. The van der Waals surface area contributed by atoms with E-state index in [0.717, 1.165) is 24.0 Å². The summed E-state index contributed by atoms with van der Waals surface area (Å²) in [5.41, 5.74) is 3.17. The number of ether oxygens (including phenoxy) is 1. The number of nitrogens with one attached hydrogen (secondary N) is 3. The summed E-state index contributed by atoms with van der Waals surface area (Å²) in [4.78, 5) is 41.1. The number of amides is 2. The number of oxazole rings is 1. The minimum atomic E-state index is -0.586. The van der Waals surface area contributed by atoms with Crippen molar-refractivity contribution in [2.24, 2.45) is 0 Å². The third-order valence-corrected chi connectivity index (χ3v) is 5.91. The van der Waals surface area contributed by atoms with Crippen LogP contribution in [0.1, 0.15) is 53.3 Å². The van der Waals surface area contributed by atoms with Gasteiger partial charge in [0.05, 0.1) is 11.9 Å². The topological polar surface area (TPSA) is 139 Å². The molecule has 0 spiro atoms. The predicted molar refractivity (Wildman–Crippen MR) is 140 cm³/mol. The molecule has 0 radical (unpaired) electrons. The largest absolute Gasteiger partial charge is 0.460 e. The van der Waals surface area contributed by atoms with Gasteiger partial charge in [-0.25, -0.2) is 4.98 Å². The van der Waals surface area contributed by atoms with Crippen molar-refractivity contribution in [3.8, 4) is 22.7 Å². The molecule has 38 heavy (non-hydrogen) atoms. The minimum Gasteiger partial charge on any atom is -0.460 e. The maximum atomic E-state index is 12.5. The molecular formula is C28H29N5O5. The molecule has 3 N–H and O–H groups in total. The number of carbonyl (C=O) groups is 3. The Kier molecular flexibility index (Phi) is 8.65. The van der Waals surface area contributed by atoms with Gasteiger partial charge in [-0.2, -0.15) is 5.10 Å². The van der Waals surface area contributed by atoms with E-state index in [0.29, 0.717) is 17.0 Å². The molecule has 2 heterocycles. The Bertz CT molecular complexity index is 1390. The van der Waals surface area contributed by atoms with E-state index in [9.17, 15) is 14.4 Å². The molecule has 0 saturated heterocycles. The number of nitrogens with zero attached hydrogens (tertiary/aromatic N) is 2. The zero-order valence-corrected chi connectivity index (χ0v) is 21.2. The van der Waals surface area contributed by atoms with E-state index < -0.39 is 11.9 Å². The molecule has 10 heteroatoms. The predicted octanol–water partition coefficient (Wildman–Crippen LogP) is 4.12. The van der Waals surface area contributed by atoms with Crippen LogP contribution < -0.4 is 10.6 Å². The molecule has 0 bridgehead atoms. The van der Waals surface area contributed by atoms with Crippen LogP contribution in [0.5, 0.6) is 0 Å². The van der Waals surface area contributed by atoms with Crippen LogP contribution in [0.3, 0.4) is 0 Å². The Morgan fingerprint density at radius 1 is 0.974 bits per heavy atom. The van der Waals surface area contributed by atoms with Crippen LogP contribution in [0.4, 0.5) is 0 Å². The highest BCUT2D eigenvalue weighted by Gasteiger charge is 2.17. The molecule has 0 aliphatic heterocycles. The van der Waals surface area contributed by atoms with Gasteiger partial charge in [-0.15, -0.1) is 0 Å². The van der Waals surface area contributed by atoms with Gasteiger partial charge in [0.2, 0.25) is 11.7 Å². The number of aromatic amines is 1. The molecule has 0 fully saturated rings. The normalized spacial score (nSPS) is 10.8. The molecule has 0 aliphatic rings. The number of hydrogen-bond acceptors (Lipinski definition) is 7. The summed E-state index contributed by atoms with van der Waals surface area (Å²) in [6.45, 7) is 3.87. The van der Waals surface area contributed by atoms with Crippen molar-refractivity contribution in [3.05, 3.63) is 83.9 Å². The minimum absolute atomic E-state index is 0.0404. The van der Waals surface area contributed by atoms with E-state index in [1.807, 2.05) is 50.2 Å². The van der Waals surface area contributed by atoms with Crippen LogP contribution in [-0.2, 0) is 16.1 Å². The summed E-state index contributed by atoms with van der Waals surface area (Å²) in [5.74, 6) is -1.17. The van der Waals surface area contributed by atoms with Gasteiger partial charge in [0, 0.05) is 17.2 Å². The third kappa shape index (κ3) is 6.73. The van der Waals surface area contributed by atoms with Gasteiger partial charge in [0.1, 0.15) is 18.8 Å². The second kappa shape index (κ2) is 12.5. The SMILES string of the molecule is CCC(CC)NC(=O)c1cc(-c2cccc(-c3ncc(C(=O)NCC(=O)OCc4ccccc4)o3)c2)n[nH]1. The molecular weight excluding hydrogens is 486 g/mol. The monoisotopic (exact) mass is 515 g/mol. The van der Waals surface area contributed by atoms with Crippen molar-refractivity contribution in [2.45, 2.75) is 39.3 Å². The highest BCUT2D eigenvalue weighted by Crippen LogP contribution is 2.25. The number of benzene rings is 2. The van der Waals surface area contributed by atoms with Gasteiger partial charge in [0.15, 0.2) is 0 Å². The first kappa shape index (κ1) is 26.3. The first-order valence-corrected chi connectivity index (χ1v) is 12.4. The van der Waals surface area contributed by atoms with E-state index in [1.165, 1.54) is 6.20 Å². The van der Waals surface area contributed by atoms with Gasteiger partial charge in [-0.05, 0) is 36.6 Å². The number of hydrogen-bond donors (Lipinski definition) is 3. The summed E-state index contributed by atoms with van der Waals surface area (Å²) < 4.78 is 10.8. The van der Waals surface area contributed by atoms with Gasteiger partial charge in [-0.1, -0.05) is 56.3 Å². The molecule has 0 atom stereocenters. The van der Waals surface area contributed by atoms with E-state index in [-0.39, 0.29) is 36.8 Å². The molecule has 0 aliphatic carbocycles. The Hall–Kier alpha value is -4.73. The van der Waals surface area contributed by atoms with Crippen LogP contribution in [-0.4, -0.2) is 45.6 Å². The van der Waals surface area contributed by atoms with Gasteiger partial charge < -0.3 is 19.8 Å². The van der Waals surface area contributed by atoms with Crippen molar-refractivity contribution in [1.29, 1.82) is 0 Å². The first-order chi connectivity index (χ1) is 18.5. The standard InChI is InChI=1S/C28H29N5O5/c1-3-21(4-2)31-26(35)23-14-22(32-33-23)19-11-8-12-20(13-19)28-30-15-24(38-28)27(36)29-16-25(34)37-17-18-9-6-5-7-10-18/h5-15,21H,3-4,16-17H2,1-2H3,(H,29,36)(H,31,35)(H,32,33). The number of aromatic nitrogens is 3. The average Bonchev–Trinajstić information content (AvgIpc) is 3.65. The number of carbonyl (C=O) groups excluding carboxylic acids is 3. The van der Waals surface area contributed by atoms with Crippen molar-refractivity contribution < 1.29 is 23.5 Å². The zero-order chi connectivity index (χ0) is 26.9. The number of H-pyrrole nitrogens is 1. The van der Waals surface area contributed by atoms with E-state index in [1.54, 1.807) is 24.3 Å². The summed E-state index contributed by atoms with van der Waals surface area (Å²) in [5, 5.41) is 12.5. The molecule has 4 rings (SSSR count). The molecule has 0 unspecified atom stereocenters. The summed E-state index contributed by atoms with van der Waals surface area (Å²) in [7, 11) is 0. The number of esters is 1. The molecule has 2 aromatic carbocycles. The fourth-order valence-electron chi connectivity index (χ4n) is 3.69. The van der Waals surface area contributed by atoms with Crippen molar-refractivity contribution in [3.63, 3.8) is 0 Å². The van der Waals surface area contributed by atoms with Crippen LogP contribution in [0.2, 0.25) is 0 Å². The van der Waals surface area contributed by atoms with Crippen LogP contribution in [0.15, 0.2) is 71.3 Å². The first-order valence-electron chi connectivity index (χ1n) is 12.4. The van der Waals surface area contributed by atoms with Gasteiger partial charge in [-0.3, -0.25) is 19.5 Å². The molecule has 2 amide bonds. The Morgan fingerprint density at radius 2 is 1.74 bits per heavy atom. The van der Waals surface area contributed by atoms with E-state index >= 15 is 0 Å². The zero-order valence-electron chi connectivity index (χ0n) is 21.2. The average molecular weight is 516 g/mol. The maximum absolute atomic E-state index is 12.5. The quantitative estimate of drug-likeness (QED) is 0.255. The number of rotatable bonds is 11. The van der Waals surface area contributed by atoms with Crippen molar-refractivity contribution >= 4 is 17.8 Å². The fourth-order valence-corrected chi connectivity index (χ4v) is 3.69. The van der Waals surface area contributed by atoms with Gasteiger partial charge in [0.25, 0.3) is 11.8 Å². The summed E-state index contributed by atoms with van der Waals surface area (Å²) >= 11 is 0. The van der Waals surface area contributed by atoms with Crippen molar-refractivity contribution in [1.82, 2.24) is 25.8 Å². The molecule has 10 nitrogen and oxygen atoms in total. The summed E-state index contributed by atoms with van der Waals surface area (Å²) in [6.07, 6.45) is 2.99. The highest BCUT2D eigenvalue weighted by molar-refractivity contribution is 5.94. The lowest BCUT2D eigenvalue weighted by atomic mass is 10.1. The Labute approximate surface area is 219 Å². The van der Waals surface area contributed by atoms with Crippen LogP contribution in [0.25, 0.3) is 22.7 Å². The van der Waals surface area contributed by atoms with Crippen LogP contribution >= 0.6 is 0 Å². The lowest BCUT2D eigenvalue weighted by molar-refractivity contribution is -0.143. The molecule has 2 aromatic heterocycles. The fraction of sp³-hybridized carbons (Fsp3) is 0.250. The van der Waals surface area contributed by atoms with E-state index in [4.69, 9.17) is 9.15 Å². The summed E-state index contributed by atoms with van der Waals surface area (Å²) in [6, 6.07) is 18.3.